The maximum Gasteiger partial charge on any atom is 0.155 e. The third kappa shape index (κ3) is 1.30. The Balaban J connectivity index is 2.77. The fourth-order valence-corrected chi connectivity index (χ4v) is 2.67. The summed E-state index contributed by atoms with van der Waals surface area (Å²) in [6.45, 7) is 0. The van der Waals surface area contributed by atoms with Crippen LogP contribution in [0.15, 0.2) is 18.2 Å². The van der Waals surface area contributed by atoms with Crippen LogP contribution in [0.25, 0.3) is 10.2 Å². The minimum atomic E-state index is 0.697. The summed E-state index contributed by atoms with van der Waals surface area (Å²) in [6.07, 6.45) is 0. The third-order valence-corrected chi connectivity index (χ3v) is 3.20. The zero-order valence-electron chi connectivity index (χ0n) is 5.91. The van der Waals surface area contributed by atoms with Crippen LogP contribution in [-0.2, 0) is 0 Å². The highest BCUT2D eigenvalue weighted by atomic mass is 127. The highest BCUT2D eigenvalue weighted by molar-refractivity contribution is 14.1. The molecule has 0 saturated heterocycles. The van der Waals surface area contributed by atoms with E-state index in [1.54, 1.807) is 17.4 Å². The van der Waals surface area contributed by atoms with Gasteiger partial charge in [0.2, 0.25) is 0 Å². The zero-order chi connectivity index (χ0) is 8.55. The Bertz CT molecular complexity index is 469. The van der Waals surface area contributed by atoms with Crippen molar-refractivity contribution >= 4 is 44.1 Å². The van der Waals surface area contributed by atoms with Crippen LogP contribution in [0.5, 0.6) is 0 Å². The lowest BCUT2D eigenvalue weighted by atomic mass is 10.2. The Morgan fingerprint density at radius 1 is 1.50 bits per heavy atom. The van der Waals surface area contributed by atoms with Gasteiger partial charge in [-0.15, -0.1) is 11.3 Å². The molecule has 4 heteroatoms. The van der Waals surface area contributed by atoms with Gasteiger partial charge < -0.3 is 0 Å². The SMILES string of the molecule is N#Cc1ccc2nc(I)sc2c1. The van der Waals surface area contributed by atoms with Crippen LogP contribution < -0.4 is 0 Å². The van der Waals surface area contributed by atoms with Crippen LogP contribution >= 0.6 is 33.9 Å². The first-order valence-corrected chi connectivity index (χ1v) is 5.15. The van der Waals surface area contributed by atoms with Crippen molar-refractivity contribution in [2.75, 3.05) is 0 Å². The number of nitrogens with zero attached hydrogens (tertiary/aromatic N) is 2. The molecular weight excluding hydrogens is 283 g/mol. The predicted octanol–water partition coefficient (Wildman–Crippen LogP) is 2.77. The summed E-state index contributed by atoms with van der Waals surface area (Å²) in [5.74, 6) is 0. The summed E-state index contributed by atoms with van der Waals surface area (Å²) < 4.78 is 2.09. The molecule has 0 bridgehead atoms. The molecule has 1 heterocycles. The van der Waals surface area contributed by atoms with Crippen LogP contribution in [-0.4, -0.2) is 4.98 Å². The number of thiazole rings is 1. The number of hydrogen-bond acceptors (Lipinski definition) is 3. The summed E-state index contributed by atoms with van der Waals surface area (Å²) in [6, 6.07) is 7.65. The standard InChI is InChI=1S/C8H3IN2S/c9-8-11-6-2-1-5(4-10)3-7(6)12-8/h1-3H. The van der Waals surface area contributed by atoms with E-state index >= 15 is 0 Å². The fourth-order valence-electron chi connectivity index (χ4n) is 0.966. The van der Waals surface area contributed by atoms with Gasteiger partial charge in [-0.3, -0.25) is 0 Å². The quantitative estimate of drug-likeness (QED) is 0.698. The number of nitriles is 1. The molecule has 2 aromatic rings. The van der Waals surface area contributed by atoms with E-state index in [1.165, 1.54) is 0 Å². The first-order valence-electron chi connectivity index (χ1n) is 3.26. The monoisotopic (exact) mass is 286 g/mol. The molecule has 2 nitrogen and oxygen atoms in total. The normalized spacial score (nSPS) is 10.0. The molecule has 12 heavy (non-hydrogen) atoms. The summed E-state index contributed by atoms with van der Waals surface area (Å²) >= 11 is 3.79. The summed E-state index contributed by atoms with van der Waals surface area (Å²) in [4.78, 5) is 4.28. The van der Waals surface area contributed by atoms with Gasteiger partial charge in [0.1, 0.15) is 0 Å². The van der Waals surface area contributed by atoms with E-state index in [9.17, 15) is 0 Å². The molecule has 0 aliphatic carbocycles. The molecule has 0 fully saturated rings. The topological polar surface area (TPSA) is 36.7 Å². The smallest absolute Gasteiger partial charge is 0.155 e. The molecule has 0 amide bonds. The van der Waals surface area contributed by atoms with E-state index in [2.05, 4.69) is 33.6 Å². The van der Waals surface area contributed by atoms with Gasteiger partial charge in [0, 0.05) is 0 Å². The zero-order valence-corrected chi connectivity index (χ0v) is 8.89. The van der Waals surface area contributed by atoms with Crippen molar-refractivity contribution in [3.63, 3.8) is 0 Å². The summed E-state index contributed by atoms with van der Waals surface area (Å²) in [7, 11) is 0. The number of fused-ring (bicyclic) bond motifs is 1. The molecule has 1 aromatic heterocycles. The lowest BCUT2D eigenvalue weighted by Gasteiger charge is -1.86. The minimum Gasteiger partial charge on any atom is -0.230 e. The number of hydrogen-bond donors (Lipinski definition) is 0. The maximum absolute atomic E-state index is 8.64. The van der Waals surface area contributed by atoms with Crippen molar-refractivity contribution in [2.24, 2.45) is 0 Å². The number of aromatic nitrogens is 1. The van der Waals surface area contributed by atoms with Crippen molar-refractivity contribution in [2.45, 2.75) is 0 Å². The Morgan fingerprint density at radius 2 is 2.33 bits per heavy atom. The molecule has 0 spiro atoms. The Hall–Kier alpha value is -0.670. The van der Waals surface area contributed by atoms with Crippen LogP contribution in [0.1, 0.15) is 5.56 Å². The fraction of sp³-hybridized carbons (Fsp3) is 0. The van der Waals surface area contributed by atoms with Crippen molar-refractivity contribution in [3.8, 4) is 6.07 Å². The maximum atomic E-state index is 8.64. The number of rotatable bonds is 0. The van der Waals surface area contributed by atoms with Crippen LogP contribution in [0.3, 0.4) is 0 Å². The third-order valence-electron chi connectivity index (χ3n) is 1.49. The van der Waals surface area contributed by atoms with Gasteiger partial charge in [-0.25, -0.2) is 4.98 Å². The molecule has 0 saturated carbocycles. The molecule has 0 atom stereocenters. The van der Waals surface area contributed by atoms with E-state index < -0.39 is 0 Å². The lowest BCUT2D eigenvalue weighted by Crippen LogP contribution is -1.72. The van der Waals surface area contributed by atoms with Gasteiger partial charge in [0.15, 0.2) is 3.01 Å². The highest BCUT2D eigenvalue weighted by Crippen LogP contribution is 2.23. The Morgan fingerprint density at radius 3 is 3.08 bits per heavy atom. The molecule has 0 aliphatic rings. The average Bonchev–Trinajstić information content (AvgIpc) is 2.43. The van der Waals surface area contributed by atoms with Crippen LogP contribution in [0.2, 0.25) is 0 Å². The van der Waals surface area contributed by atoms with E-state index in [0.717, 1.165) is 13.2 Å². The van der Waals surface area contributed by atoms with Crippen LogP contribution in [0.4, 0.5) is 0 Å². The summed E-state index contributed by atoms with van der Waals surface area (Å²) in [5, 5.41) is 8.64. The Kier molecular flexibility index (Phi) is 1.98. The highest BCUT2D eigenvalue weighted by Gasteiger charge is 2.00. The van der Waals surface area contributed by atoms with Gasteiger partial charge in [0.05, 0.1) is 21.8 Å². The second-order valence-corrected chi connectivity index (χ2v) is 5.05. The molecule has 0 aliphatic heterocycles. The average molecular weight is 286 g/mol. The molecule has 2 rings (SSSR count). The molecule has 58 valence electrons. The second kappa shape index (κ2) is 2.99. The predicted molar refractivity (Wildman–Crippen MR) is 57.1 cm³/mol. The van der Waals surface area contributed by atoms with Crippen molar-refractivity contribution < 1.29 is 0 Å². The van der Waals surface area contributed by atoms with Crippen molar-refractivity contribution in [1.82, 2.24) is 4.98 Å². The second-order valence-electron chi connectivity index (χ2n) is 2.26. The van der Waals surface area contributed by atoms with E-state index in [-0.39, 0.29) is 0 Å². The van der Waals surface area contributed by atoms with Crippen molar-refractivity contribution in [3.05, 3.63) is 26.8 Å². The van der Waals surface area contributed by atoms with Gasteiger partial charge in [0.25, 0.3) is 0 Å². The largest absolute Gasteiger partial charge is 0.230 e. The summed E-state index contributed by atoms with van der Waals surface area (Å²) in [5.41, 5.74) is 1.67. The van der Waals surface area contributed by atoms with E-state index in [1.807, 2.05) is 12.1 Å². The van der Waals surface area contributed by atoms with Gasteiger partial charge in [-0.2, -0.15) is 5.26 Å². The first-order chi connectivity index (χ1) is 5.79. The lowest BCUT2D eigenvalue weighted by molar-refractivity contribution is 1.44. The van der Waals surface area contributed by atoms with Crippen LogP contribution in [0, 0.1) is 14.3 Å². The van der Waals surface area contributed by atoms with Gasteiger partial charge in [-0.1, -0.05) is 0 Å². The van der Waals surface area contributed by atoms with Crippen molar-refractivity contribution in [1.29, 1.82) is 5.26 Å². The molecule has 0 N–H and O–H groups in total. The number of halogens is 1. The minimum absolute atomic E-state index is 0.697. The van der Waals surface area contributed by atoms with Gasteiger partial charge >= 0.3 is 0 Å². The molecule has 0 radical (unpaired) electrons. The van der Waals surface area contributed by atoms with E-state index in [4.69, 9.17) is 5.26 Å². The Labute approximate surface area is 87.0 Å². The first kappa shape index (κ1) is 7.95. The molecular formula is C8H3IN2S. The van der Waals surface area contributed by atoms with E-state index in [0.29, 0.717) is 5.56 Å². The molecule has 1 aromatic carbocycles. The number of benzene rings is 1. The molecule has 0 unspecified atom stereocenters. The van der Waals surface area contributed by atoms with Gasteiger partial charge in [-0.05, 0) is 40.8 Å².